The molecule has 0 fully saturated rings. The fourth-order valence-corrected chi connectivity index (χ4v) is 2.85. The smallest absolute Gasteiger partial charge is 0.255 e. The zero-order chi connectivity index (χ0) is 18.6. The Hall–Kier alpha value is -2.45. The number of carbonyl (C=O) groups is 1. The normalized spacial score (nSPS) is 10.9. The summed E-state index contributed by atoms with van der Waals surface area (Å²) in [5.74, 6) is 0.572. The number of hydrogen-bond acceptors (Lipinski definition) is 5. The van der Waals surface area contributed by atoms with Crippen molar-refractivity contribution < 1.29 is 22.7 Å². The summed E-state index contributed by atoms with van der Waals surface area (Å²) in [5, 5.41) is 2.89. The highest BCUT2D eigenvalue weighted by molar-refractivity contribution is 7.92. The number of halogens is 1. The summed E-state index contributed by atoms with van der Waals surface area (Å²) in [6.07, 6.45) is 1.000. The van der Waals surface area contributed by atoms with Crippen molar-refractivity contribution in [1.29, 1.82) is 0 Å². The Morgan fingerprint density at radius 3 is 2.32 bits per heavy atom. The lowest BCUT2D eigenvalue weighted by Crippen LogP contribution is -2.14. The molecule has 9 heteroatoms. The van der Waals surface area contributed by atoms with E-state index in [-0.39, 0.29) is 16.3 Å². The van der Waals surface area contributed by atoms with Crippen LogP contribution in [0.4, 0.5) is 11.4 Å². The fourth-order valence-electron chi connectivity index (χ4n) is 2.06. The maximum Gasteiger partial charge on any atom is 0.255 e. The molecule has 2 aromatic carbocycles. The van der Waals surface area contributed by atoms with E-state index in [4.69, 9.17) is 21.1 Å². The van der Waals surface area contributed by atoms with Crippen LogP contribution in [0.2, 0.25) is 5.02 Å². The summed E-state index contributed by atoms with van der Waals surface area (Å²) in [6, 6.07) is 9.23. The fraction of sp³-hybridized carbons (Fsp3) is 0.188. The summed E-state index contributed by atoms with van der Waals surface area (Å²) >= 11 is 5.95. The molecule has 0 heterocycles. The molecule has 25 heavy (non-hydrogen) atoms. The molecular weight excluding hydrogens is 368 g/mol. The molecule has 2 rings (SSSR count). The molecule has 0 unspecified atom stereocenters. The molecule has 0 atom stereocenters. The Kier molecular flexibility index (Phi) is 5.76. The summed E-state index contributed by atoms with van der Waals surface area (Å²) in [5.41, 5.74) is 0.865. The Balaban J connectivity index is 2.25. The van der Waals surface area contributed by atoms with Crippen LogP contribution >= 0.6 is 11.6 Å². The van der Waals surface area contributed by atoms with Gasteiger partial charge in [0.15, 0.2) is 11.5 Å². The molecule has 0 saturated heterocycles. The first-order valence-corrected chi connectivity index (χ1v) is 9.31. The molecule has 0 saturated carbocycles. The highest BCUT2D eigenvalue weighted by Gasteiger charge is 2.13. The Labute approximate surface area is 151 Å². The molecule has 1 amide bonds. The average Bonchev–Trinajstić information content (AvgIpc) is 2.55. The highest BCUT2D eigenvalue weighted by atomic mass is 35.5. The summed E-state index contributed by atoms with van der Waals surface area (Å²) in [4.78, 5) is 12.4. The van der Waals surface area contributed by atoms with Crippen molar-refractivity contribution in [3.63, 3.8) is 0 Å². The molecule has 0 bridgehead atoms. The van der Waals surface area contributed by atoms with Crippen molar-refractivity contribution in [2.24, 2.45) is 0 Å². The number of benzene rings is 2. The van der Waals surface area contributed by atoms with Crippen molar-refractivity contribution in [2.75, 3.05) is 30.5 Å². The number of rotatable bonds is 6. The first-order valence-electron chi connectivity index (χ1n) is 7.04. The SMILES string of the molecule is COc1ccc(NC(=O)c2ccc(Cl)c(NS(C)(=O)=O)c2)cc1OC. The maximum absolute atomic E-state index is 12.4. The summed E-state index contributed by atoms with van der Waals surface area (Å²) < 4.78 is 35.3. The van der Waals surface area contributed by atoms with Gasteiger partial charge in [-0.25, -0.2) is 8.42 Å². The van der Waals surface area contributed by atoms with Gasteiger partial charge in [-0.1, -0.05) is 11.6 Å². The number of hydrogen-bond donors (Lipinski definition) is 2. The number of sulfonamides is 1. The number of nitrogens with one attached hydrogen (secondary N) is 2. The second kappa shape index (κ2) is 7.62. The Morgan fingerprint density at radius 2 is 1.72 bits per heavy atom. The van der Waals surface area contributed by atoms with Gasteiger partial charge in [-0.3, -0.25) is 9.52 Å². The minimum atomic E-state index is -3.51. The second-order valence-corrected chi connectivity index (χ2v) is 7.25. The van der Waals surface area contributed by atoms with Gasteiger partial charge in [0, 0.05) is 17.3 Å². The molecule has 0 radical (unpaired) electrons. The number of amides is 1. The lowest BCUT2D eigenvalue weighted by Gasteiger charge is -2.12. The van der Waals surface area contributed by atoms with Gasteiger partial charge in [-0.05, 0) is 30.3 Å². The van der Waals surface area contributed by atoms with E-state index in [1.807, 2.05) is 0 Å². The van der Waals surface area contributed by atoms with Crippen LogP contribution in [-0.4, -0.2) is 34.8 Å². The molecule has 2 N–H and O–H groups in total. The van der Waals surface area contributed by atoms with Crippen LogP contribution in [0.3, 0.4) is 0 Å². The lowest BCUT2D eigenvalue weighted by atomic mass is 10.2. The Bertz CT molecular complexity index is 899. The van der Waals surface area contributed by atoms with Gasteiger partial charge in [0.05, 0.1) is 31.2 Å². The largest absolute Gasteiger partial charge is 0.493 e. The topological polar surface area (TPSA) is 93.7 Å². The van der Waals surface area contributed by atoms with Crippen molar-refractivity contribution in [3.05, 3.63) is 47.0 Å². The molecule has 0 spiro atoms. The van der Waals surface area contributed by atoms with E-state index in [0.717, 1.165) is 6.26 Å². The standard InChI is InChI=1S/C16H17ClN2O5S/c1-23-14-7-5-11(9-15(14)24-2)18-16(20)10-4-6-12(17)13(8-10)19-25(3,21)22/h4-9,19H,1-3H3,(H,18,20). The van der Waals surface area contributed by atoms with Crippen LogP contribution < -0.4 is 19.5 Å². The zero-order valence-corrected chi connectivity index (χ0v) is 15.4. The first-order chi connectivity index (χ1) is 11.7. The van der Waals surface area contributed by atoms with E-state index in [1.165, 1.54) is 32.4 Å². The molecule has 0 aliphatic rings. The maximum atomic E-state index is 12.4. The summed E-state index contributed by atoms with van der Waals surface area (Å²) in [7, 11) is -0.508. The van der Waals surface area contributed by atoms with E-state index in [1.54, 1.807) is 18.2 Å². The van der Waals surface area contributed by atoms with Crippen molar-refractivity contribution in [3.8, 4) is 11.5 Å². The quantitative estimate of drug-likeness (QED) is 0.798. The molecule has 0 aliphatic carbocycles. The van der Waals surface area contributed by atoms with Gasteiger partial charge >= 0.3 is 0 Å². The molecule has 0 aliphatic heterocycles. The monoisotopic (exact) mass is 384 g/mol. The average molecular weight is 385 g/mol. The van der Waals surface area contributed by atoms with Gasteiger partial charge in [0.2, 0.25) is 10.0 Å². The van der Waals surface area contributed by atoms with Gasteiger partial charge < -0.3 is 14.8 Å². The van der Waals surface area contributed by atoms with Gasteiger partial charge in [-0.2, -0.15) is 0 Å². The van der Waals surface area contributed by atoms with E-state index in [0.29, 0.717) is 17.2 Å². The van der Waals surface area contributed by atoms with Crippen molar-refractivity contribution in [1.82, 2.24) is 0 Å². The van der Waals surface area contributed by atoms with E-state index >= 15 is 0 Å². The van der Waals surface area contributed by atoms with E-state index < -0.39 is 15.9 Å². The summed E-state index contributed by atoms with van der Waals surface area (Å²) in [6.45, 7) is 0. The number of methoxy groups -OCH3 is 2. The predicted octanol–water partition coefficient (Wildman–Crippen LogP) is 2.98. The molecule has 7 nitrogen and oxygen atoms in total. The minimum Gasteiger partial charge on any atom is -0.493 e. The van der Waals surface area contributed by atoms with Crippen LogP contribution in [-0.2, 0) is 10.0 Å². The lowest BCUT2D eigenvalue weighted by molar-refractivity contribution is 0.102. The molecular formula is C16H17ClN2O5S. The molecule has 2 aromatic rings. The van der Waals surface area contributed by atoms with Crippen molar-refractivity contribution in [2.45, 2.75) is 0 Å². The third-order valence-electron chi connectivity index (χ3n) is 3.17. The van der Waals surface area contributed by atoms with Crippen molar-refractivity contribution >= 4 is 38.9 Å². The van der Waals surface area contributed by atoms with Crippen LogP contribution in [0.15, 0.2) is 36.4 Å². The van der Waals surface area contributed by atoms with Crippen LogP contribution in [0.5, 0.6) is 11.5 Å². The minimum absolute atomic E-state index is 0.129. The van der Waals surface area contributed by atoms with E-state index in [9.17, 15) is 13.2 Å². The molecule has 134 valence electrons. The Morgan fingerprint density at radius 1 is 1.04 bits per heavy atom. The number of ether oxygens (including phenoxy) is 2. The molecule has 0 aromatic heterocycles. The zero-order valence-electron chi connectivity index (χ0n) is 13.8. The number of carbonyl (C=O) groups excluding carboxylic acids is 1. The van der Waals surface area contributed by atoms with Crippen LogP contribution in [0.1, 0.15) is 10.4 Å². The van der Waals surface area contributed by atoms with Gasteiger partial charge in [0.25, 0.3) is 5.91 Å². The highest BCUT2D eigenvalue weighted by Crippen LogP contribution is 2.30. The van der Waals surface area contributed by atoms with E-state index in [2.05, 4.69) is 10.0 Å². The third kappa shape index (κ3) is 5.01. The predicted molar refractivity (Wildman–Crippen MR) is 97.4 cm³/mol. The first kappa shape index (κ1) is 18.9. The van der Waals surface area contributed by atoms with Gasteiger partial charge in [-0.15, -0.1) is 0 Å². The van der Waals surface area contributed by atoms with Crippen LogP contribution in [0, 0.1) is 0 Å². The van der Waals surface area contributed by atoms with Gasteiger partial charge in [0.1, 0.15) is 0 Å². The number of anilines is 2. The third-order valence-corrected chi connectivity index (χ3v) is 4.09. The second-order valence-electron chi connectivity index (χ2n) is 5.09. The van der Waals surface area contributed by atoms with Crippen LogP contribution in [0.25, 0.3) is 0 Å².